The van der Waals surface area contributed by atoms with Crippen molar-refractivity contribution in [1.29, 1.82) is 0 Å². The van der Waals surface area contributed by atoms with Crippen LogP contribution >= 0.6 is 0 Å². The van der Waals surface area contributed by atoms with Crippen molar-refractivity contribution in [2.75, 3.05) is 19.8 Å². The number of aliphatic hydroxyl groups excluding tert-OH is 1. The van der Waals surface area contributed by atoms with Crippen LogP contribution in [0.3, 0.4) is 0 Å². The van der Waals surface area contributed by atoms with E-state index in [1.807, 2.05) is 25.1 Å². The second-order valence-corrected chi connectivity index (χ2v) is 9.24. The first-order valence-electron chi connectivity index (χ1n) is 11.7. The highest BCUT2D eigenvalue weighted by Gasteiger charge is 2.35. The summed E-state index contributed by atoms with van der Waals surface area (Å²) < 4.78 is 5.62. The van der Waals surface area contributed by atoms with Crippen molar-refractivity contribution in [2.24, 2.45) is 5.92 Å². The summed E-state index contributed by atoms with van der Waals surface area (Å²) in [4.78, 5) is 0. The molecule has 1 unspecified atom stereocenters. The van der Waals surface area contributed by atoms with E-state index < -0.39 is 0 Å². The number of ether oxygens (including phenoxy) is 1. The van der Waals surface area contributed by atoms with Gasteiger partial charge < -0.3 is 20.1 Å². The van der Waals surface area contributed by atoms with Gasteiger partial charge in [0, 0.05) is 30.1 Å². The molecule has 0 aromatic heterocycles. The highest BCUT2D eigenvalue weighted by molar-refractivity contribution is 5.54. The van der Waals surface area contributed by atoms with Gasteiger partial charge in [0.25, 0.3) is 0 Å². The third-order valence-electron chi connectivity index (χ3n) is 7.05. The molecule has 31 heavy (non-hydrogen) atoms. The van der Waals surface area contributed by atoms with Gasteiger partial charge in [0.05, 0.1) is 6.61 Å². The van der Waals surface area contributed by atoms with Crippen molar-refractivity contribution < 1.29 is 20.1 Å². The Morgan fingerprint density at radius 1 is 1.23 bits per heavy atom. The summed E-state index contributed by atoms with van der Waals surface area (Å²) in [6, 6.07) is 3.67. The second-order valence-electron chi connectivity index (χ2n) is 9.24. The van der Waals surface area contributed by atoms with Gasteiger partial charge >= 0.3 is 0 Å². The molecule has 1 aromatic carbocycles. The molecule has 1 saturated heterocycles. The predicted octanol–water partition coefficient (Wildman–Crippen LogP) is 5.88. The van der Waals surface area contributed by atoms with Crippen LogP contribution in [0.1, 0.15) is 75.8 Å². The van der Waals surface area contributed by atoms with Crippen molar-refractivity contribution >= 4 is 0 Å². The molecule has 1 aliphatic carbocycles. The number of phenolic OH excluding ortho intramolecular Hbond substituents is 2. The third-order valence-corrected chi connectivity index (χ3v) is 7.05. The molecule has 0 bridgehead atoms. The number of aliphatic hydroxyl groups is 1. The second kappa shape index (κ2) is 10.5. The largest absolute Gasteiger partial charge is 0.507 e. The van der Waals surface area contributed by atoms with Crippen LogP contribution in [-0.2, 0) is 10.2 Å². The molecule has 4 heteroatoms. The van der Waals surface area contributed by atoms with Gasteiger partial charge in [-0.25, -0.2) is 0 Å². The normalized spacial score (nSPS) is 23.6. The maximum atomic E-state index is 11.1. The van der Waals surface area contributed by atoms with E-state index in [0.29, 0.717) is 18.8 Å². The SMILES string of the molecule is C=C(C)C1CCC(CO)=C[C@@H]1c1c(O)cc(C2(/C=C\CCCC)CCOCC2)cc1O. The van der Waals surface area contributed by atoms with Gasteiger partial charge in [0.15, 0.2) is 0 Å². The lowest BCUT2D eigenvalue weighted by atomic mass is 9.71. The number of hydrogen-bond donors (Lipinski definition) is 3. The smallest absolute Gasteiger partial charge is 0.123 e. The number of hydrogen-bond acceptors (Lipinski definition) is 4. The number of allylic oxidation sites excluding steroid dienone is 4. The number of rotatable bonds is 8. The summed E-state index contributed by atoms with van der Waals surface area (Å²) in [7, 11) is 0. The van der Waals surface area contributed by atoms with Crippen molar-refractivity contribution in [3.05, 3.63) is 59.2 Å². The Hall–Kier alpha value is -2.04. The van der Waals surface area contributed by atoms with Crippen molar-refractivity contribution in [3.63, 3.8) is 0 Å². The van der Waals surface area contributed by atoms with Crippen LogP contribution in [0.2, 0.25) is 0 Å². The molecule has 0 amide bonds. The number of phenols is 2. The molecule has 170 valence electrons. The minimum absolute atomic E-state index is 0.00465. The Kier molecular flexibility index (Phi) is 8.01. The van der Waals surface area contributed by atoms with E-state index in [0.717, 1.165) is 61.7 Å². The zero-order valence-corrected chi connectivity index (χ0v) is 19.1. The van der Waals surface area contributed by atoms with E-state index in [9.17, 15) is 15.3 Å². The molecule has 1 heterocycles. The van der Waals surface area contributed by atoms with Crippen molar-refractivity contribution in [1.82, 2.24) is 0 Å². The van der Waals surface area contributed by atoms with Gasteiger partial charge in [-0.3, -0.25) is 0 Å². The Balaban J connectivity index is 2.01. The van der Waals surface area contributed by atoms with Crippen LogP contribution < -0.4 is 0 Å². The maximum Gasteiger partial charge on any atom is 0.123 e. The van der Waals surface area contributed by atoms with E-state index in [1.54, 1.807) is 0 Å². The lowest BCUT2D eigenvalue weighted by molar-refractivity contribution is 0.0651. The Bertz CT molecular complexity index is 807. The fourth-order valence-electron chi connectivity index (χ4n) is 5.11. The Morgan fingerprint density at radius 2 is 1.90 bits per heavy atom. The summed E-state index contributed by atoms with van der Waals surface area (Å²) in [6.45, 7) is 9.67. The van der Waals surface area contributed by atoms with E-state index >= 15 is 0 Å². The van der Waals surface area contributed by atoms with Crippen molar-refractivity contribution in [3.8, 4) is 11.5 Å². The van der Waals surface area contributed by atoms with Crippen LogP contribution in [0.5, 0.6) is 11.5 Å². The first-order valence-corrected chi connectivity index (χ1v) is 11.7. The van der Waals surface area contributed by atoms with Gasteiger partial charge in [0.2, 0.25) is 0 Å². The van der Waals surface area contributed by atoms with Crippen LogP contribution in [0.4, 0.5) is 0 Å². The fourth-order valence-corrected chi connectivity index (χ4v) is 5.11. The molecule has 4 nitrogen and oxygen atoms in total. The standard InChI is InChI=1S/C27H38O4/c1-4-5-6-7-10-27(11-13-31-14-12-27)21-16-24(29)26(25(30)17-21)23-15-20(18-28)8-9-22(23)19(2)3/h7,10,15-17,22-23,28-30H,2,4-6,8-9,11-14,18H2,1,3H3/b10-7-/t22?,23-/m0/s1. The van der Waals surface area contributed by atoms with Gasteiger partial charge in [0.1, 0.15) is 11.5 Å². The molecule has 1 fully saturated rings. The van der Waals surface area contributed by atoms with E-state index in [-0.39, 0.29) is 35.4 Å². The summed E-state index contributed by atoms with van der Waals surface area (Å²) in [5.74, 6) is 0.182. The van der Waals surface area contributed by atoms with E-state index in [4.69, 9.17) is 4.74 Å². The number of benzene rings is 1. The monoisotopic (exact) mass is 426 g/mol. The first-order chi connectivity index (χ1) is 14.9. The molecule has 2 aliphatic rings. The van der Waals surface area contributed by atoms with Crippen molar-refractivity contribution in [2.45, 2.75) is 70.1 Å². The van der Waals surface area contributed by atoms with Gasteiger partial charge in [-0.1, -0.05) is 50.1 Å². The molecular formula is C27H38O4. The minimum Gasteiger partial charge on any atom is -0.507 e. The summed E-state index contributed by atoms with van der Waals surface area (Å²) in [6.07, 6.45) is 13.2. The summed E-state index contributed by atoms with van der Waals surface area (Å²) in [5.41, 5.74) is 3.23. The quantitative estimate of drug-likeness (QED) is 0.359. The Morgan fingerprint density at radius 3 is 2.48 bits per heavy atom. The minimum atomic E-state index is -0.230. The highest BCUT2D eigenvalue weighted by Crippen LogP contribution is 2.48. The Labute approximate surface area is 187 Å². The average molecular weight is 427 g/mol. The van der Waals surface area contributed by atoms with Gasteiger partial charge in [-0.05, 0) is 68.2 Å². The van der Waals surface area contributed by atoms with E-state index in [2.05, 4.69) is 25.7 Å². The molecule has 0 radical (unpaired) electrons. The van der Waals surface area contributed by atoms with Crippen LogP contribution in [0, 0.1) is 5.92 Å². The maximum absolute atomic E-state index is 11.1. The number of unbranched alkanes of at least 4 members (excludes halogenated alkanes) is 2. The lowest BCUT2D eigenvalue weighted by Gasteiger charge is -2.36. The van der Waals surface area contributed by atoms with Gasteiger partial charge in [-0.15, -0.1) is 0 Å². The zero-order valence-electron chi connectivity index (χ0n) is 19.1. The molecule has 3 N–H and O–H groups in total. The molecule has 3 rings (SSSR count). The third kappa shape index (κ3) is 5.24. The molecule has 0 spiro atoms. The molecular weight excluding hydrogens is 388 g/mol. The van der Waals surface area contributed by atoms with E-state index in [1.165, 1.54) is 0 Å². The predicted molar refractivity (Wildman–Crippen MR) is 126 cm³/mol. The molecule has 1 aliphatic heterocycles. The molecule has 2 atom stereocenters. The highest BCUT2D eigenvalue weighted by atomic mass is 16.5. The fraction of sp³-hybridized carbons (Fsp3) is 0.556. The van der Waals surface area contributed by atoms with Gasteiger partial charge in [-0.2, -0.15) is 0 Å². The van der Waals surface area contributed by atoms with Crippen LogP contribution in [-0.4, -0.2) is 35.1 Å². The lowest BCUT2D eigenvalue weighted by Crippen LogP contribution is -2.32. The molecule has 1 aromatic rings. The summed E-state index contributed by atoms with van der Waals surface area (Å²) in [5, 5.41) is 31.9. The number of aromatic hydroxyl groups is 2. The van der Waals surface area contributed by atoms with Crippen LogP contribution in [0.15, 0.2) is 48.1 Å². The average Bonchev–Trinajstić information content (AvgIpc) is 2.76. The van der Waals surface area contributed by atoms with Crippen LogP contribution in [0.25, 0.3) is 0 Å². The topological polar surface area (TPSA) is 69.9 Å². The zero-order chi connectivity index (χ0) is 22.4. The first kappa shape index (κ1) is 23.6. The summed E-state index contributed by atoms with van der Waals surface area (Å²) >= 11 is 0. The molecule has 0 saturated carbocycles.